The Bertz CT molecular complexity index is 290. The van der Waals surface area contributed by atoms with E-state index in [1.807, 2.05) is 13.8 Å². The Hall–Kier alpha value is -0.610. The van der Waals surface area contributed by atoms with Gasteiger partial charge in [-0.3, -0.25) is 4.79 Å². The minimum absolute atomic E-state index is 0.00865. The number of carbonyl (C=O) groups is 1. The molecule has 1 saturated heterocycles. The molecule has 1 aliphatic carbocycles. The topological polar surface area (TPSA) is 47.6 Å². The molecule has 0 aromatic carbocycles. The smallest absolute Gasteiger partial charge is 0.223 e. The van der Waals surface area contributed by atoms with E-state index in [1.54, 1.807) is 0 Å². The minimum atomic E-state index is -0.504. The summed E-state index contributed by atoms with van der Waals surface area (Å²) in [5, 5.41) is 2.99. The lowest BCUT2D eigenvalue weighted by Gasteiger charge is -2.19. The van der Waals surface area contributed by atoms with Gasteiger partial charge in [0, 0.05) is 12.5 Å². The fraction of sp³-hybridized carbons (Fsp3) is 0.923. The lowest BCUT2D eigenvalue weighted by molar-refractivity contribution is -0.140. The third-order valence-electron chi connectivity index (χ3n) is 3.77. The number of rotatable bonds is 3. The van der Waals surface area contributed by atoms with Crippen LogP contribution in [0.25, 0.3) is 0 Å². The summed E-state index contributed by atoms with van der Waals surface area (Å²) < 4.78 is 11.1. The first kappa shape index (κ1) is 12.8. The Balaban J connectivity index is 1.73. The number of ether oxygens (including phenoxy) is 2. The van der Waals surface area contributed by atoms with Crippen molar-refractivity contribution >= 4 is 5.91 Å². The molecule has 2 fully saturated rings. The average Bonchev–Trinajstić information content (AvgIpc) is 2.81. The van der Waals surface area contributed by atoms with Gasteiger partial charge in [-0.15, -0.1) is 0 Å². The normalized spacial score (nSPS) is 36.1. The fourth-order valence-electron chi connectivity index (χ4n) is 2.74. The summed E-state index contributed by atoms with van der Waals surface area (Å²) in [4.78, 5) is 12.0. The standard InChI is InChI=1S/C13H23NO3/c1-9-5-4-6-11(9)12(15)14-7-10-8-16-13(2,3)17-10/h9-11H,4-8H2,1-3H3,(H,14,15). The van der Waals surface area contributed by atoms with Crippen molar-refractivity contribution in [1.82, 2.24) is 5.32 Å². The van der Waals surface area contributed by atoms with Gasteiger partial charge in [0.05, 0.1) is 6.61 Å². The summed E-state index contributed by atoms with van der Waals surface area (Å²) in [6, 6.07) is 0. The van der Waals surface area contributed by atoms with E-state index in [1.165, 1.54) is 12.8 Å². The molecule has 1 saturated carbocycles. The molecule has 1 aliphatic heterocycles. The van der Waals surface area contributed by atoms with Gasteiger partial charge in [0.15, 0.2) is 5.79 Å². The van der Waals surface area contributed by atoms with Crippen LogP contribution in [0.1, 0.15) is 40.0 Å². The van der Waals surface area contributed by atoms with E-state index in [2.05, 4.69) is 12.2 Å². The third kappa shape index (κ3) is 3.19. The number of hydrogen-bond acceptors (Lipinski definition) is 3. The number of nitrogens with one attached hydrogen (secondary N) is 1. The molecule has 0 aromatic heterocycles. The maximum absolute atomic E-state index is 12.0. The van der Waals surface area contributed by atoms with Crippen molar-refractivity contribution in [3.05, 3.63) is 0 Å². The number of amides is 1. The fourth-order valence-corrected chi connectivity index (χ4v) is 2.74. The molecular weight excluding hydrogens is 218 g/mol. The zero-order valence-electron chi connectivity index (χ0n) is 11.0. The highest BCUT2D eigenvalue weighted by Crippen LogP contribution is 2.31. The van der Waals surface area contributed by atoms with Gasteiger partial charge in [-0.25, -0.2) is 0 Å². The Morgan fingerprint density at radius 3 is 2.71 bits per heavy atom. The molecule has 0 radical (unpaired) electrons. The predicted octanol–water partition coefficient (Wildman–Crippen LogP) is 1.69. The molecule has 4 nitrogen and oxygen atoms in total. The van der Waals surface area contributed by atoms with E-state index in [-0.39, 0.29) is 17.9 Å². The van der Waals surface area contributed by atoms with Gasteiger partial charge < -0.3 is 14.8 Å². The Morgan fingerprint density at radius 1 is 1.41 bits per heavy atom. The van der Waals surface area contributed by atoms with Crippen LogP contribution in [0.2, 0.25) is 0 Å². The third-order valence-corrected chi connectivity index (χ3v) is 3.77. The first-order valence-electron chi connectivity index (χ1n) is 6.57. The second-order valence-electron chi connectivity index (χ2n) is 5.71. The van der Waals surface area contributed by atoms with Crippen LogP contribution in [-0.4, -0.2) is 30.9 Å². The van der Waals surface area contributed by atoms with Crippen molar-refractivity contribution in [2.75, 3.05) is 13.2 Å². The molecule has 0 spiro atoms. The van der Waals surface area contributed by atoms with Crippen LogP contribution in [0.3, 0.4) is 0 Å². The van der Waals surface area contributed by atoms with Crippen LogP contribution in [-0.2, 0) is 14.3 Å². The van der Waals surface area contributed by atoms with Crippen molar-refractivity contribution in [3.8, 4) is 0 Å². The van der Waals surface area contributed by atoms with Gasteiger partial charge >= 0.3 is 0 Å². The first-order valence-corrected chi connectivity index (χ1v) is 6.57. The molecular formula is C13H23NO3. The molecule has 1 heterocycles. The van der Waals surface area contributed by atoms with Crippen molar-refractivity contribution in [1.29, 1.82) is 0 Å². The summed E-state index contributed by atoms with van der Waals surface area (Å²) in [7, 11) is 0. The lowest BCUT2D eigenvalue weighted by atomic mass is 9.97. The van der Waals surface area contributed by atoms with Gasteiger partial charge in [0.25, 0.3) is 0 Å². The molecule has 0 bridgehead atoms. The van der Waals surface area contributed by atoms with E-state index in [4.69, 9.17) is 9.47 Å². The average molecular weight is 241 g/mol. The van der Waals surface area contributed by atoms with E-state index < -0.39 is 5.79 Å². The monoisotopic (exact) mass is 241 g/mol. The van der Waals surface area contributed by atoms with Gasteiger partial charge in [0.1, 0.15) is 6.10 Å². The SMILES string of the molecule is CC1CCCC1C(=O)NCC1COC(C)(C)O1. The Labute approximate surface area is 103 Å². The summed E-state index contributed by atoms with van der Waals surface area (Å²) in [6.45, 7) is 7.08. The van der Waals surface area contributed by atoms with Crippen molar-refractivity contribution in [3.63, 3.8) is 0 Å². The zero-order valence-corrected chi connectivity index (χ0v) is 11.0. The number of hydrogen-bond donors (Lipinski definition) is 1. The molecule has 17 heavy (non-hydrogen) atoms. The highest BCUT2D eigenvalue weighted by Gasteiger charge is 2.34. The predicted molar refractivity (Wildman–Crippen MR) is 64.4 cm³/mol. The van der Waals surface area contributed by atoms with Gasteiger partial charge in [-0.2, -0.15) is 0 Å². The Kier molecular flexibility index (Phi) is 3.73. The zero-order chi connectivity index (χ0) is 12.5. The maximum Gasteiger partial charge on any atom is 0.223 e. The second kappa shape index (κ2) is 4.94. The van der Waals surface area contributed by atoms with E-state index in [0.717, 1.165) is 6.42 Å². The Morgan fingerprint density at radius 2 is 2.18 bits per heavy atom. The summed E-state index contributed by atoms with van der Waals surface area (Å²) in [6.07, 6.45) is 3.37. The summed E-state index contributed by atoms with van der Waals surface area (Å²) in [5.41, 5.74) is 0. The summed E-state index contributed by atoms with van der Waals surface area (Å²) in [5.74, 6) is 0.400. The highest BCUT2D eigenvalue weighted by molar-refractivity contribution is 5.79. The number of carbonyl (C=O) groups excluding carboxylic acids is 1. The van der Waals surface area contributed by atoms with Crippen LogP contribution < -0.4 is 5.32 Å². The van der Waals surface area contributed by atoms with Gasteiger partial charge in [-0.1, -0.05) is 13.3 Å². The quantitative estimate of drug-likeness (QED) is 0.818. The summed E-state index contributed by atoms with van der Waals surface area (Å²) >= 11 is 0. The molecule has 4 heteroatoms. The first-order chi connectivity index (χ1) is 7.98. The largest absolute Gasteiger partial charge is 0.353 e. The molecule has 2 aliphatic rings. The van der Waals surface area contributed by atoms with Crippen LogP contribution in [0.15, 0.2) is 0 Å². The highest BCUT2D eigenvalue weighted by atomic mass is 16.7. The van der Waals surface area contributed by atoms with Crippen LogP contribution in [0, 0.1) is 11.8 Å². The van der Waals surface area contributed by atoms with E-state index in [9.17, 15) is 4.79 Å². The molecule has 1 amide bonds. The lowest BCUT2D eigenvalue weighted by Crippen LogP contribution is -2.38. The molecule has 3 unspecified atom stereocenters. The second-order valence-corrected chi connectivity index (χ2v) is 5.71. The van der Waals surface area contributed by atoms with Gasteiger partial charge in [-0.05, 0) is 32.6 Å². The van der Waals surface area contributed by atoms with Gasteiger partial charge in [0.2, 0.25) is 5.91 Å². The molecule has 0 aromatic rings. The van der Waals surface area contributed by atoms with Crippen molar-refractivity contribution in [2.45, 2.75) is 51.9 Å². The maximum atomic E-state index is 12.0. The van der Waals surface area contributed by atoms with Crippen LogP contribution in [0.5, 0.6) is 0 Å². The van der Waals surface area contributed by atoms with Crippen molar-refractivity contribution in [2.24, 2.45) is 11.8 Å². The van der Waals surface area contributed by atoms with Crippen molar-refractivity contribution < 1.29 is 14.3 Å². The molecule has 2 rings (SSSR count). The van der Waals surface area contributed by atoms with Crippen LogP contribution >= 0.6 is 0 Å². The van der Waals surface area contributed by atoms with Crippen LogP contribution in [0.4, 0.5) is 0 Å². The van der Waals surface area contributed by atoms with E-state index in [0.29, 0.717) is 19.1 Å². The van der Waals surface area contributed by atoms with E-state index >= 15 is 0 Å². The minimum Gasteiger partial charge on any atom is -0.353 e. The molecule has 98 valence electrons. The molecule has 3 atom stereocenters. The molecule has 1 N–H and O–H groups in total.